The van der Waals surface area contributed by atoms with E-state index < -0.39 is 0 Å². The first-order chi connectivity index (χ1) is 7.72. The SMILES string of the molecule is CCSCCN1CC(=O)NC(C2CC2)C1=O. The molecule has 0 aromatic carbocycles. The number of nitrogens with one attached hydrogen (secondary N) is 1. The third-order valence-electron chi connectivity index (χ3n) is 3.03. The van der Waals surface area contributed by atoms with Crippen LogP contribution in [0.25, 0.3) is 0 Å². The zero-order chi connectivity index (χ0) is 11.5. The second kappa shape index (κ2) is 5.08. The minimum atomic E-state index is -0.229. The molecule has 2 rings (SSSR count). The lowest BCUT2D eigenvalue weighted by atomic mass is 10.1. The van der Waals surface area contributed by atoms with Gasteiger partial charge in [0, 0.05) is 12.3 Å². The summed E-state index contributed by atoms with van der Waals surface area (Å²) in [4.78, 5) is 25.2. The predicted octanol–water partition coefficient (Wildman–Crippen LogP) is 0.476. The highest BCUT2D eigenvalue weighted by atomic mass is 32.2. The van der Waals surface area contributed by atoms with E-state index in [0.717, 1.165) is 24.3 Å². The van der Waals surface area contributed by atoms with E-state index in [1.54, 1.807) is 16.7 Å². The average molecular weight is 242 g/mol. The highest BCUT2D eigenvalue weighted by Crippen LogP contribution is 2.34. The summed E-state index contributed by atoms with van der Waals surface area (Å²) in [5.74, 6) is 2.50. The third-order valence-corrected chi connectivity index (χ3v) is 3.91. The van der Waals surface area contributed by atoms with E-state index in [9.17, 15) is 9.59 Å². The fourth-order valence-corrected chi connectivity index (χ4v) is 2.62. The molecular weight excluding hydrogens is 224 g/mol. The van der Waals surface area contributed by atoms with Crippen molar-refractivity contribution in [3.8, 4) is 0 Å². The number of carbonyl (C=O) groups is 2. The van der Waals surface area contributed by atoms with Crippen molar-refractivity contribution < 1.29 is 9.59 Å². The van der Waals surface area contributed by atoms with Crippen LogP contribution >= 0.6 is 11.8 Å². The molecule has 1 saturated carbocycles. The molecule has 0 aromatic rings. The fourth-order valence-electron chi connectivity index (χ4n) is 1.99. The molecule has 16 heavy (non-hydrogen) atoms. The van der Waals surface area contributed by atoms with Crippen molar-refractivity contribution >= 4 is 23.6 Å². The Morgan fingerprint density at radius 1 is 1.44 bits per heavy atom. The van der Waals surface area contributed by atoms with Crippen LogP contribution in [0.1, 0.15) is 19.8 Å². The van der Waals surface area contributed by atoms with Crippen molar-refractivity contribution in [2.75, 3.05) is 24.6 Å². The molecule has 0 radical (unpaired) electrons. The largest absolute Gasteiger partial charge is 0.342 e. The molecule has 0 spiro atoms. The van der Waals surface area contributed by atoms with Crippen LogP contribution in [0.2, 0.25) is 0 Å². The Kier molecular flexibility index (Phi) is 3.74. The second-order valence-electron chi connectivity index (χ2n) is 4.34. The lowest BCUT2D eigenvalue weighted by Gasteiger charge is -2.32. The molecule has 1 atom stereocenters. The standard InChI is InChI=1S/C11H18N2O2S/c1-2-16-6-5-13-7-9(14)12-10(11(13)15)8-3-4-8/h8,10H,2-7H2,1H3,(H,12,14). The zero-order valence-electron chi connectivity index (χ0n) is 9.57. The van der Waals surface area contributed by atoms with Crippen LogP contribution in [0.4, 0.5) is 0 Å². The van der Waals surface area contributed by atoms with Crippen LogP contribution in [0, 0.1) is 5.92 Å². The molecule has 5 heteroatoms. The molecule has 1 aliphatic heterocycles. The quantitative estimate of drug-likeness (QED) is 0.713. The lowest BCUT2D eigenvalue weighted by molar-refractivity contribution is -0.144. The third kappa shape index (κ3) is 2.70. The van der Waals surface area contributed by atoms with Gasteiger partial charge in [-0.15, -0.1) is 0 Å². The van der Waals surface area contributed by atoms with Gasteiger partial charge in [0.25, 0.3) is 0 Å². The van der Waals surface area contributed by atoms with Crippen molar-refractivity contribution in [2.24, 2.45) is 5.92 Å². The van der Waals surface area contributed by atoms with Crippen LogP contribution < -0.4 is 5.32 Å². The van der Waals surface area contributed by atoms with Gasteiger partial charge in [-0.1, -0.05) is 6.92 Å². The summed E-state index contributed by atoms with van der Waals surface area (Å²) in [6.07, 6.45) is 2.16. The first kappa shape index (κ1) is 11.8. The van der Waals surface area contributed by atoms with Crippen LogP contribution in [-0.4, -0.2) is 47.4 Å². The number of hydrogen-bond donors (Lipinski definition) is 1. The number of amides is 2. The Hall–Kier alpha value is -0.710. The zero-order valence-corrected chi connectivity index (χ0v) is 10.4. The molecule has 2 aliphatic rings. The minimum absolute atomic E-state index is 0.00185. The number of carbonyl (C=O) groups excluding carboxylic acids is 2. The highest BCUT2D eigenvalue weighted by Gasteiger charge is 2.42. The van der Waals surface area contributed by atoms with Gasteiger partial charge in [0.05, 0.1) is 6.54 Å². The smallest absolute Gasteiger partial charge is 0.245 e. The van der Waals surface area contributed by atoms with Crippen molar-refractivity contribution in [3.05, 3.63) is 0 Å². The predicted molar refractivity (Wildman–Crippen MR) is 64.2 cm³/mol. The van der Waals surface area contributed by atoms with Gasteiger partial charge >= 0.3 is 0 Å². The molecular formula is C11H18N2O2S. The first-order valence-electron chi connectivity index (χ1n) is 5.88. The summed E-state index contributed by atoms with van der Waals surface area (Å²) in [6, 6.07) is -0.229. The Morgan fingerprint density at radius 3 is 2.81 bits per heavy atom. The maximum atomic E-state index is 12.0. The van der Waals surface area contributed by atoms with Crippen LogP contribution in [-0.2, 0) is 9.59 Å². The second-order valence-corrected chi connectivity index (χ2v) is 5.73. The van der Waals surface area contributed by atoms with Gasteiger partial charge in [-0.05, 0) is 24.5 Å². The number of thioether (sulfide) groups is 1. The summed E-state index contributed by atoms with van der Waals surface area (Å²) < 4.78 is 0. The van der Waals surface area contributed by atoms with E-state index in [-0.39, 0.29) is 24.4 Å². The maximum Gasteiger partial charge on any atom is 0.245 e. The molecule has 1 aliphatic carbocycles. The number of piperazine rings is 1. The fraction of sp³-hybridized carbons (Fsp3) is 0.818. The summed E-state index contributed by atoms with van der Waals surface area (Å²) in [5, 5.41) is 2.81. The van der Waals surface area contributed by atoms with Crippen molar-refractivity contribution in [2.45, 2.75) is 25.8 Å². The summed E-state index contributed by atoms with van der Waals surface area (Å²) >= 11 is 1.80. The van der Waals surface area contributed by atoms with E-state index >= 15 is 0 Å². The summed E-state index contributed by atoms with van der Waals surface area (Å²) in [7, 11) is 0. The Bertz CT molecular complexity index is 292. The van der Waals surface area contributed by atoms with Gasteiger partial charge in [-0.25, -0.2) is 0 Å². The molecule has 2 fully saturated rings. The van der Waals surface area contributed by atoms with E-state index in [1.165, 1.54) is 0 Å². The van der Waals surface area contributed by atoms with Crippen LogP contribution in [0.15, 0.2) is 0 Å². The monoisotopic (exact) mass is 242 g/mol. The Morgan fingerprint density at radius 2 is 2.19 bits per heavy atom. The van der Waals surface area contributed by atoms with E-state index in [0.29, 0.717) is 12.5 Å². The molecule has 1 N–H and O–H groups in total. The molecule has 0 aromatic heterocycles. The molecule has 2 amide bonds. The Labute approximate surface area is 100 Å². The normalized spacial score (nSPS) is 25.8. The lowest BCUT2D eigenvalue weighted by Crippen LogP contribution is -2.59. The average Bonchev–Trinajstić information content (AvgIpc) is 3.06. The van der Waals surface area contributed by atoms with Gasteiger partial charge in [-0.2, -0.15) is 11.8 Å². The van der Waals surface area contributed by atoms with Crippen LogP contribution in [0.5, 0.6) is 0 Å². The highest BCUT2D eigenvalue weighted by molar-refractivity contribution is 7.99. The van der Waals surface area contributed by atoms with Crippen LogP contribution in [0.3, 0.4) is 0 Å². The van der Waals surface area contributed by atoms with Crippen molar-refractivity contribution in [3.63, 3.8) is 0 Å². The molecule has 1 saturated heterocycles. The molecule has 1 heterocycles. The molecule has 1 unspecified atom stereocenters. The number of nitrogens with zero attached hydrogens (tertiary/aromatic N) is 1. The molecule has 0 bridgehead atoms. The van der Waals surface area contributed by atoms with Gasteiger partial charge in [-0.3, -0.25) is 9.59 Å². The number of hydrogen-bond acceptors (Lipinski definition) is 3. The van der Waals surface area contributed by atoms with Crippen molar-refractivity contribution in [1.82, 2.24) is 10.2 Å². The Balaban J connectivity index is 1.89. The van der Waals surface area contributed by atoms with E-state index in [2.05, 4.69) is 12.2 Å². The number of rotatable bonds is 5. The van der Waals surface area contributed by atoms with E-state index in [1.807, 2.05) is 0 Å². The first-order valence-corrected chi connectivity index (χ1v) is 7.03. The molecule has 90 valence electrons. The van der Waals surface area contributed by atoms with Gasteiger partial charge in [0.2, 0.25) is 11.8 Å². The molecule has 4 nitrogen and oxygen atoms in total. The van der Waals surface area contributed by atoms with E-state index in [4.69, 9.17) is 0 Å². The van der Waals surface area contributed by atoms with Gasteiger partial charge in [0.15, 0.2) is 0 Å². The maximum absolute atomic E-state index is 12.0. The van der Waals surface area contributed by atoms with Gasteiger partial charge in [0.1, 0.15) is 6.04 Å². The summed E-state index contributed by atoms with van der Waals surface area (Å²) in [6.45, 7) is 3.04. The van der Waals surface area contributed by atoms with Gasteiger partial charge < -0.3 is 10.2 Å². The topological polar surface area (TPSA) is 49.4 Å². The van der Waals surface area contributed by atoms with Crippen molar-refractivity contribution in [1.29, 1.82) is 0 Å². The minimum Gasteiger partial charge on any atom is -0.342 e. The summed E-state index contributed by atoms with van der Waals surface area (Å²) in [5.41, 5.74) is 0.